The van der Waals surface area contributed by atoms with Crippen LogP contribution in [0.5, 0.6) is 11.5 Å². The number of ketones is 1. The van der Waals surface area contributed by atoms with Crippen molar-refractivity contribution in [3.05, 3.63) is 75.5 Å². The predicted molar refractivity (Wildman–Crippen MR) is 147 cm³/mol. The number of carbonyl (C=O) groups is 2. The standard InChI is InChI=1S/C28H26N2O5S2/c1-5-34-18-9-10-19-22(14-18)37-28(29-19)30-24(21-7-6-12-36-21)23(26(32)27(30)33)25(31)17-8-11-20(16(4)13-17)35-15(2)3/h6-15,24,31H,5H2,1-4H3/b25-23+. The maximum absolute atomic E-state index is 13.4. The fourth-order valence-electron chi connectivity index (χ4n) is 4.34. The van der Waals surface area contributed by atoms with E-state index in [1.807, 2.05) is 63.4 Å². The van der Waals surface area contributed by atoms with Crippen molar-refractivity contribution >= 4 is 55.5 Å². The van der Waals surface area contributed by atoms with Gasteiger partial charge >= 0.3 is 5.91 Å². The van der Waals surface area contributed by atoms with Crippen LogP contribution >= 0.6 is 22.7 Å². The van der Waals surface area contributed by atoms with Crippen LogP contribution in [-0.4, -0.2) is 34.5 Å². The lowest BCUT2D eigenvalue weighted by Crippen LogP contribution is -2.28. The molecule has 0 saturated carbocycles. The highest BCUT2D eigenvalue weighted by Gasteiger charge is 2.48. The number of aromatic nitrogens is 1. The fourth-order valence-corrected chi connectivity index (χ4v) is 6.18. The zero-order valence-electron chi connectivity index (χ0n) is 20.8. The molecular formula is C28H26N2O5S2. The van der Waals surface area contributed by atoms with E-state index >= 15 is 0 Å². The number of aryl methyl sites for hydroxylation is 1. The minimum Gasteiger partial charge on any atom is -0.507 e. The molecule has 0 bridgehead atoms. The van der Waals surface area contributed by atoms with E-state index in [-0.39, 0.29) is 17.4 Å². The molecular weight excluding hydrogens is 508 g/mol. The summed E-state index contributed by atoms with van der Waals surface area (Å²) in [6, 6.07) is 13.7. The van der Waals surface area contributed by atoms with Gasteiger partial charge < -0.3 is 14.6 Å². The third-order valence-electron chi connectivity index (χ3n) is 5.93. The zero-order chi connectivity index (χ0) is 26.3. The topological polar surface area (TPSA) is 89.0 Å². The van der Waals surface area contributed by atoms with E-state index in [0.29, 0.717) is 34.3 Å². The number of aliphatic hydroxyl groups excluding tert-OH is 1. The Kier molecular flexibility index (Phi) is 6.74. The highest BCUT2D eigenvalue weighted by molar-refractivity contribution is 7.22. The monoisotopic (exact) mass is 534 g/mol. The number of fused-ring (bicyclic) bond motifs is 1. The molecule has 1 amide bonds. The van der Waals surface area contributed by atoms with Crippen LogP contribution in [0.1, 0.15) is 42.8 Å². The van der Waals surface area contributed by atoms with Gasteiger partial charge in [-0.15, -0.1) is 11.3 Å². The Labute approximate surface area is 222 Å². The van der Waals surface area contributed by atoms with Gasteiger partial charge in [-0.1, -0.05) is 17.4 Å². The fraction of sp³-hybridized carbons (Fsp3) is 0.250. The first-order valence-corrected chi connectivity index (χ1v) is 13.6. The molecule has 1 unspecified atom stereocenters. The second-order valence-corrected chi connectivity index (χ2v) is 10.9. The average Bonchev–Trinajstić information content (AvgIpc) is 3.58. The third-order valence-corrected chi connectivity index (χ3v) is 7.88. The van der Waals surface area contributed by atoms with Gasteiger partial charge in [-0.3, -0.25) is 14.5 Å². The molecule has 1 saturated heterocycles. The van der Waals surface area contributed by atoms with E-state index < -0.39 is 17.7 Å². The lowest BCUT2D eigenvalue weighted by atomic mass is 9.99. The maximum Gasteiger partial charge on any atom is 0.301 e. The zero-order valence-corrected chi connectivity index (χ0v) is 22.5. The summed E-state index contributed by atoms with van der Waals surface area (Å²) < 4.78 is 12.2. The minimum absolute atomic E-state index is 0.000670. The summed E-state index contributed by atoms with van der Waals surface area (Å²) in [4.78, 5) is 33.6. The number of anilines is 1. The van der Waals surface area contributed by atoms with Crippen LogP contribution in [0.2, 0.25) is 0 Å². The summed E-state index contributed by atoms with van der Waals surface area (Å²) in [7, 11) is 0. The Morgan fingerprint density at radius 1 is 1.16 bits per heavy atom. The van der Waals surface area contributed by atoms with E-state index in [2.05, 4.69) is 4.98 Å². The summed E-state index contributed by atoms with van der Waals surface area (Å²) in [5.74, 6) is -0.283. The van der Waals surface area contributed by atoms with Crippen LogP contribution in [0, 0.1) is 6.92 Å². The van der Waals surface area contributed by atoms with Crippen molar-refractivity contribution in [1.82, 2.24) is 4.98 Å². The van der Waals surface area contributed by atoms with Crippen molar-refractivity contribution in [2.75, 3.05) is 11.5 Å². The molecule has 5 rings (SSSR count). The van der Waals surface area contributed by atoms with Gasteiger partial charge in [0.2, 0.25) is 0 Å². The van der Waals surface area contributed by atoms with Gasteiger partial charge in [0.05, 0.1) is 28.5 Å². The largest absolute Gasteiger partial charge is 0.507 e. The number of carbonyl (C=O) groups excluding carboxylic acids is 2. The average molecular weight is 535 g/mol. The Morgan fingerprint density at radius 2 is 1.97 bits per heavy atom. The number of nitrogens with zero attached hydrogens (tertiary/aromatic N) is 2. The van der Waals surface area contributed by atoms with E-state index in [4.69, 9.17) is 9.47 Å². The van der Waals surface area contributed by atoms with Crippen molar-refractivity contribution in [2.24, 2.45) is 0 Å². The van der Waals surface area contributed by atoms with Crippen LogP contribution in [0.15, 0.2) is 59.5 Å². The quantitative estimate of drug-likeness (QED) is 0.166. The van der Waals surface area contributed by atoms with E-state index in [1.54, 1.807) is 18.2 Å². The number of Topliss-reactive ketones (excluding diaryl/α,β-unsaturated/α-hetero) is 1. The van der Waals surface area contributed by atoms with Crippen LogP contribution in [0.25, 0.3) is 16.0 Å². The molecule has 3 heterocycles. The molecule has 1 aliphatic heterocycles. The molecule has 1 N–H and O–H groups in total. The van der Waals surface area contributed by atoms with Gasteiger partial charge in [0.25, 0.3) is 5.78 Å². The van der Waals surface area contributed by atoms with E-state index in [1.165, 1.54) is 27.6 Å². The number of amides is 1. The van der Waals surface area contributed by atoms with Gasteiger partial charge in [-0.25, -0.2) is 4.98 Å². The van der Waals surface area contributed by atoms with Crippen LogP contribution in [0.4, 0.5) is 5.13 Å². The normalized spacial score (nSPS) is 17.2. The molecule has 1 aliphatic rings. The molecule has 0 aliphatic carbocycles. The van der Waals surface area contributed by atoms with Crippen LogP contribution in [-0.2, 0) is 9.59 Å². The van der Waals surface area contributed by atoms with Crippen molar-refractivity contribution in [2.45, 2.75) is 39.8 Å². The van der Waals surface area contributed by atoms with Gasteiger partial charge in [-0.05, 0) is 81.1 Å². The molecule has 1 fully saturated rings. The van der Waals surface area contributed by atoms with E-state index in [0.717, 1.165) is 15.1 Å². The van der Waals surface area contributed by atoms with Gasteiger partial charge in [0, 0.05) is 10.4 Å². The number of benzene rings is 2. The molecule has 2 aromatic carbocycles. The van der Waals surface area contributed by atoms with Gasteiger partial charge in [0.1, 0.15) is 23.3 Å². The van der Waals surface area contributed by atoms with Gasteiger partial charge in [-0.2, -0.15) is 0 Å². The Balaban J connectivity index is 1.62. The number of thiophene rings is 1. The highest BCUT2D eigenvalue weighted by Crippen LogP contribution is 2.46. The van der Waals surface area contributed by atoms with E-state index in [9.17, 15) is 14.7 Å². The lowest BCUT2D eigenvalue weighted by Gasteiger charge is -2.21. The summed E-state index contributed by atoms with van der Waals surface area (Å²) in [6.07, 6.45) is 0.000670. The summed E-state index contributed by atoms with van der Waals surface area (Å²) >= 11 is 2.72. The first-order chi connectivity index (χ1) is 17.8. The molecule has 9 heteroatoms. The van der Waals surface area contributed by atoms with Crippen molar-refractivity contribution < 1.29 is 24.2 Å². The first-order valence-electron chi connectivity index (χ1n) is 11.9. The summed E-state index contributed by atoms with van der Waals surface area (Å²) in [5, 5.41) is 13.7. The molecule has 2 aromatic heterocycles. The number of aliphatic hydroxyl groups is 1. The molecule has 7 nitrogen and oxygen atoms in total. The van der Waals surface area contributed by atoms with Crippen molar-refractivity contribution in [3.63, 3.8) is 0 Å². The maximum atomic E-state index is 13.4. The van der Waals surface area contributed by atoms with Crippen molar-refractivity contribution in [1.29, 1.82) is 0 Å². The summed E-state index contributed by atoms with van der Waals surface area (Å²) in [6.45, 7) is 8.20. The number of ether oxygens (including phenoxy) is 2. The predicted octanol–water partition coefficient (Wildman–Crippen LogP) is 6.48. The molecule has 1 atom stereocenters. The Hall–Kier alpha value is -3.69. The molecule has 4 aromatic rings. The second kappa shape index (κ2) is 9.99. The number of thiazole rings is 1. The number of hydrogen-bond donors (Lipinski definition) is 1. The SMILES string of the molecule is CCOc1ccc2nc(N3C(=O)C(=O)/C(=C(/O)c4ccc(OC(C)C)c(C)c4)C3c3cccs3)sc2c1. The second-order valence-electron chi connectivity index (χ2n) is 8.89. The molecule has 37 heavy (non-hydrogen) atoms. The highest BCUT2D eigenvalue weighted by atomic mass is 32.1. The smallest absolute Gasteiger partial charge is 0.301 e. The van der Waals surface area contributed by atoms with Crippen molar-refractivity contribution in [3.8, 4) is 11.5 Å². The Bertz CT molecular complexity index is 1520. The van der Waals surface area contributed by atoms with Crippen LogP contribution in [0.3, 0.4) is 0 Å². The first kappa shape index (κ1) is 25.0. The minimum atomic E-state index is -0.793. The lowest BCUT2D eigenvalue weighted by molar-refractivity contribution is -0.132. The Morgan fingerprint density at radius 3 is 2.65 bits per heavy atom. The number of hydrogen-bond acceptors (Lipinski definition) is 8. The number of rotatable bonds is 7. The van der Waals surface area contributed by atoms with Crippen LogP contribution < -0.4 is 14.4 Å². The molecule has 0 spiro atoms. The summed E-state index contributed by atoms with van der Waals surface area (Å²) in [5.41, 5.74) is 2.00. The third kappa shape index (κ3) is 4.60. The van der Waals surface area contributed by atoms with Gasteiger partial charge in [0.15, 0.2) is 5.13 Å². The molecule has 0 radical (unpaired) electrons. The molecule has 190 valence electrons.